The zero-order valence-electron chi connectivity index (χ0n) is 8.35. The molecule has 0 atom stereocenters. The van der Waals surface area contributed by atoms with Crippen molar-refractivity contribution in [1.82, 2.24) is 0 Å². The Morgan fingerprint density at radius 1 is 0.400 bits per heavy atom. The fourth-order valence-electron chi connectivity index (χ4n) is 1.41. The topological polar surface area (TPSA) is 18.5 Å². The zero-order chi connectivity index (χ0) is 16.4. The Bertz CT molecular complexity index is 367. The van der Waals surface area contributed by atoms with Crippen molar-refractivity contribution < 1.29 is 62.8 Å². The van der Waals surface area contributed by atoms with E-state index in [0.717, 1.165) is 0 Å². The first-order valence-electron chi connectivity index (χ1n) is 4.11. The first-order valence-corrected chi connectivity index (χ1v) is 4.11. The van der Waals surface area contributed by atoms with E-state index in [1.165, 1.54) is 9.88 Å². The van der Waals surface area contributed by atoms with Gasteiger partial charge in [-0.2, -0.15) is 43.9 Å². The van der Waals surface area contributed by atoms with E-state index in [4.69, 9.17) is 0 Å². The second-order valence-electron chi connectivity index (χ2n) is 3.64. The van der Waals surface area contributed by atoms with Crippen LogP contribution in [0.5, 0.6) is 0 Å². The van der Waals surface area contributed by atoms with Gasteiger partial charge in [0.2, 0.25) is 0 Å². The molecule has 0 N–H and O–H groups in total. The first-order chi connectivity index (χ1) is 8.62. The van der Waals surface area contributed by atoms with Crippen molar-refractivity contribution in [3.63, 3.8) is 0 Å². The molecule has 2 nitrogen and oxygen atoms in total. The molecule has 120 valence electrons. The van der Waals surface area contributed by atoms with Crippen LogP contribution < -0.4 is 0 Å². The van der Waals surface area contributed by atoms with E-state index in [1.54, 1.807) is 0 Å². The molecule has 20 heavy (non-hydrogen) atoms. The van der Waals surface area contributed by atoms with Gasteiger partial charge in [-0.3, -0.25) is 0 Å². The highest BCUT2D eigenvalue weighted by Crippen LogP contribution is 2.69. The molecule has 0 amide bonds. The number of hydrogen-bond donors (Lipinski definition) is 0. The van der Waals surface area contributed by atoms with Gasteiger partial charge in [0.1, 0.15) is 0 Å². The molecule has 0 radical (unpaired) electrons. The highest BCUT2D eigenvalue weighted by Gasteiger charge is 3.03. The number of rotatable bonds is 2. The van der Waals surface area contributed by atoms with Crippen molar-refractivity contribution in [3.05, 3.63) is 0 Å². The van der Waals surface area contributed by atoms with Crippen LogP contribution in [-0.4, -0.2) is 35.4 Å². The van der Waals surface area contributed by atoms with Crippen LogP contribution in [-0.2, 0) is 9.88 Å². The normalized spacial score (nSPS) is 31.8. The standard InChI is InChI=1S/C6F12O2/c7-1(8)2(9,10)4(13,14)6(19-17,20-18)5(15,16)3(1,11)12. The lowest BCUT2D eigenvalue weighted by molar-refractivity contribution is -0.594. The summed E-state index contributed by atoms with van der Waals surface area (Å²) >= 11 is 0. The summed E-state index contributed by atoms with van der Waals surface area (Å²) in [6.45, 7) is 0. The Labute approximate surface area is 99.6 Å². The van der Waals surface area contributed by atoms with Crippen LogP contribution in [0.4, 0.5) is 53.0 Å². The summed E-state index contributed by atoms with van der Waals surface area (Å²) in [6, 6.07) is 0. The number of alkyl halides is 10. The van der Waals surface area contributed by atoms with Gasteiger partial charge >= 0.3 is 35.4 Å². The molecule has 0 aromatic rings. The van der Waals surface area contributed by atoms with E-state index in [9.17, 15) is 53.0 Å². The van der Waals surface area contributed by atoms with Crippen LogP contribution >= 0.6 is 0 Å². The maximum Gasteiger partial charge on any atom is 0.384 e. The lowest BCUT2D eigenvalue weighted by Crippen LogP contribution is -2.85. The van der Waals surface area contributed by atoms with E-state index in [0.29, 0.717) is 0 Å². The Morgan fingerprint density at radius 3 is 0.800 bits per heavy atom. The van der Waals surface area contributed by atoms with Gasteiger partial charge in [-0.15, -0.1) is 9.88 Å². The lowest BCUT2D eigenvalue weighted by Gasteiger charge is -2.51. The van der Waals surface area contributed by atoms with Crippen molar-refractivity contribution >= 4 is 0 Å². The highest BCUT2D eigenvalue weighted by atomic mass is 19.4. The molecule has 1 fully saturated rings. The van der Waals surface area contributed by atoms with Crippen LogP contribution in [0.1, 0.15) is 0 Å². The third-order valence-electron chi connectivity index (χ3n) is 2.62. The monoisotopic (exact) mass is 332 g/mol. The summed E-state index contributed by atoms with van der Waals surface area (Å²) in [6.07, 6.45) is 0. The smallest absolute Gasteiger partial charge is 0.193 e. The SMILES string of the molecule is FOC1(OF)C(F)(F)C(F)(F)C(F)(F)C(F)(F)C1(F)F. The Balaban J connectivity index is 3.82. The second-order valence-corrected chi connectivity index (χ2v) is 3.64. The Hall–Kier alpha value is -0.920. The molecular weight excluding hydrogens is 332 g/mol. The van der Waals surface area contributed by atoms with Crippen LogP contribution in [0.2, 0.25) is 0 Å². The average Bonchev–Trinajstić information content (AvgIpc) is 2.28. The van der Waals surface area contributed by atoms with Crippen LogP contribution in [0.15, 0.2) is 0 Å². The molecule has 1 rings (SSSR count). The van der Waals surface area contributed by atoms with Crippen molar-refractivity contribution in [2.75, 3.05) is 0 Å². The van der Waals surface area contributed by atoms with Crippen molar-refractivity contribution in [3.8, 4) is 0 Å². The molecule has 0 heterocycles. The molecule has 0 saturated heterocycles. The maximum atomic E-state index is 12.9. The minimum atomic E-state index is -7.37. The van der Waals surface area contributed by atoms with Gasteiger partial charge in [-0.1, -0.05) is 0 Å². The minimum Gasteiger partial charge on any atom is -0.193 e. The maximum absolute atomic E-state index is 12.9. The van der Waals surface area contributed by atoms with Gasteiger partial charge in [0.25, 0.3) is 0 Å². The third kappa shape index (κ3) is 1.27. The summed E-state index contributed by atoms with van der Waals surface area (Å²) in [5.41, 5.74) is 0. The van der Waals surface area contributed by atoms with Gasteiger partial charge in [0.05, 0.1) is 0 Å². The summed E-state index contributed by atoms with van der Waals surface area (Å²) in [5.74, 6) is -43.0. The Kier molecular flexibility index (Phi) is 3.29. The van der Waals surface area contributed by atoms with E-state index >= 15 is 0 Å². The van der Waals surface area contributed by atoms with Crippen molar-refractivity contribution in [2.24, 2.45) is 0 Å². The van der Waals surface area contributed by atoms with E-state index in [2.05, 4.69) is 0 Å². The second kappa shape index (κ2) is 3.84. The van der Waals surface area contributed by atoms with Gasteiger partial charge in [-0.25, -0.2) is 0 Å². The van der Waals surface area contributed by atoms with Crippen LogP contribution in [0, 0.1) is 0 Å². The molecular formula is C6F12O2. The predicted molar refractivity (Wildman–Crippen MR) is 31.9 cm³/mol. The van der Waals surface area contributed by atoms with Crippen LogP contribution in [0.3, 0.4) is 0 Å². The summed E-state index contributed by atoms with van der Waals surface area (Å²) in [7, 11) is 0. The van der Waals surface area contributed by atoms with Crippen LogP contribution in [0.25, 0.3) is 0 Å². The lowest BCUT2D eigenvalue weighted by atomic mass is 9.78. The summed E-state index contributed by atoms with van der Waals surface area (Å²) in [5, 5.41) is 0. The molecule has 1 aliphatic rings. The summed E-state index contributed by atoms with van der Waals surface area (Å²) in [4.78, 5) is 2.86. The molecule has 0 bridgehead atoms. The predicted octanol–water partition coefficient (Wildman–Crippen LogP) is 3.67. The molecule has 1 aliphatic carbocycles. The molecule has 0 spiro atoms. The zero-order valence-corrected chi connectivity index (χ0v) is 8.35. The van der Waals surface area contributed by atoms with E-state index < -0.39 is 35.4 Å². The largest absolute Gasteiger partial charge is 0.384 e. The molecule has 1 saturated carbocycles. The average molecular weight is 332 g/mol. The molecule has 14 heteroatoms. The van der Waals surface area contributed by atoms with Gasteiger partial charge < -0.3 is 0 Å². The van der Waals surface area contributed by atoms with Gasteiger partial charge in [-0.05, 0) is 9.05 Å². The quantitative estimate of drug-likeness (QED) is 0.567. The Morgan fingerprint density at radius 2 is 0.600 bits per heavy atom. The highest BCUT2D eigenvalue weighted by molar-refractivity contribution is 5.23. The molecule has 0 unspecified atom stereocenters. The number of halogens is 12. The van der Waals surface area contributed by atoms with E-state index in [-0.39, 0.29) is 0 Å². The minimum absolute atomic E-state index is 1.43. The van der Waals surface area contributed by atoms with Crippen molar-refractivity contribution in [1.29, 1.82) is 0 Å². The fourth-order valence-corrected chi connectivity index (χ4v) is 1.41. The van der Waals surface area contributed by atoms with Gasteiger partial charge in [0, 0.05) is 0 Å². The first kappa shape index (κ1) is 17.1. The number of hydrogen-bond acceptors (Lipinski definition) is 2. The third-order valence-corrected chi connectivity index (χ3v) is 2.62. The van der Waals surface area contributed by atoms with Crippen molar-refractivity contribution in [2.45, 2.75) is 35.4 Å². The summed E-state index contributed by atoms with van der Waals surface area (Å²) < 4.78 is 151. The molecule has 0 aromatic heterocycles. The molecule has 0 aliphatic heterocycles. The van der Waals surface area contributed by atoms with Gasteiger partial charge in [0.15, 0.2) is 0 Å². The van der Waals surface area contributed by atoms with E-state index in [1.807, 2.05) is 0 Å². The molecule has 0 aromatic carbocycles. The fraction of sp³-hybridized carbons (Fsp3) is 1.00.